The lowest BCUT2D eigenvalue weighted by molar-refractivity contribution is -0.117. The number of hydrogen-bond donors (Lipinski definition) is 1. The summed E-state index contributed by atoms with van der Waals surface area (Å²) >= 11 is 0. The molecule has 0 spiro atoms. The van der Waals surface area contributed by atoms with Crippen molar-refractivity contribution in [3.05, 3.63) is 53.6 Å². The summed E-state index contributed by atoms with van der Waals surface area (Å²) < 4.78 is 10.5. The second-order valence-corrected chi connectivity index (χ2v) is 6.06. The maximum atomic E-state index is 12.5. The van der Waals surface area contributed by atoms with E-state index in [0.29, 0.717) is 36.6 Å². The molecule has 6 heteroatoms. The van der Waals surface area contributed by atoms with Crippen LogP contribution in [-0.2, 0) is 11.3 Å². The Morgan fingerprint density at radius 2 is 2.00 bits per heavy atom. The van der Waals surface area contributed by atoms with Crippen LogP contribution in [0.1, 0.15) is 28.8 Å². The molecule has 2 aromatic carbocycles. The van der Waals surface area contributed by atoms with Crippen LogP contribution in [0.4, 0.5) is 5.69 Å². The summed E-state index contributed by atoms with van der Waals surface area (Å²) in [5.41, 5.74) is 2.14. The molecule has 1 heterocycles. The van der Waals surface area contributed by atoms with E-state index in [2.05, 4.69) is 5.32 Å². The van der Waals surface area contributed by atoms with E-state index in [0.717, 1.165) is 17.7 Å². The van der Waals surface area contributed by atoms with Gasteiger partial charge in [0, 0.05) is 42.4 Å². The minimum atomic E-state index is -0.198. The van der Waals surface area contributed by atoms with Crippen molar-refractivity contribution < 1.29 is 19.1 Å². The fraction of sp³-hybridized carbons (Fsp3) is 0.300. The second-order valence-electron chi connectivity index (χ2n) is 6.06. The molecule has 0 bridgehead atoms. The van der Waals surface area contributed by atoms with Gasteiger partial charge in [0.2, 0.25) is 5.91 Å². The van der Waals surface area contributed by atoms with E-state index in [4.69, 9.17) is 9.47 Å². The zero-order valence-corrected chi connectivity index (χ0v) is 15.0. The summed E-state index contributed by atoms with van der Waals surface area (Å²) in [6.45, 7) is 1.03. The summed E-state index contributed by atoms with van der Waals surface area (Å²) in [6.07, 6.45) is 1.42. The topological polar surface area (TPSA) is 67.9 Å². The molecule has 1 aliphatic heterocycles. The molecule has 26 heavy (non-hydrogen) atoms. The molecule has 3 rings (SSSR count). The SMILES string of the molecule is COc1ccc(CNC(=O)c2cccc(N3CCCC3=O)c2)c(OC)c1. The fourth-order valence-corrected chi connectivity index (χ4v) is 3.01. The summed E-state index contributed by atoms with van der Waals surface area (Å²) in [5.74, 6) is 1.25. The lowest BCUT2D eigenvalue weighted by atomic mass is 10.1. The lowest BCUT2D eigenvalue weighted by Crippen LogP contribution is -2.26. The molecule has 1 saturated heterocycles. The third kappa shape index (κ3) is 3.79. The molecule has 0 aromatic heterocycles. The van der Waals surface area contributed by atoms with Gasteiger partial charge in [-0.1, -0.05) is 6.07 Å². The number of rotatable bonds is 6. The highest BCUT2D eigenvalue weighted by Gasteiger charge is 2.22. The van der Waals surface area contributed by atoms with Crippen molar-refractivity contribution in [1.29, 1.82) is 0 Å². The van der Waals surface area contributed by atoms with Crippen LogP contribution in [0.3, 0.4) is 0 Å². The first-order chi connectivity index (χ1) is 12.6. The van der Waals surface area contributed by atoms with E-state index in [1.54, 1.807) is 43.4 Å². The van der Waals surface area contributed by atoms with Crippen molar-refractivity contribution in [2.75, 3.05) is 25.7 Å². The van der Waals surface area contributed by atoms with E-state index in [9.17, 15) is 9.59 Å². The van der Waals surface area contributed by atoms with Crippen LogP contribution in [0.5, 0.6) is 11.5 Å². The summed E-state index contributed by atoms with van der Waals surface area (Å²) in [5, 5.41) is 2.89. The Morgan fingerprint density at radius 3 is 2.69 bits per heavy atom. The summed E-state index contributed by atoms with van der Waals surface area (Å²) in [6, 6.07) is 12.6. The molecule has 136 valence electrons. The standard InChI is InChI=1S/C20H22N2O4/c1-25-17-9-8-15(18(12-17)26-2)13-21-20(24)14-5-3-6-16(11-14)22-10-4-7-19(22)23/h3,5-6,8-9,11-12H,4,7,10,13H2,1-2H3,(H,21,24). The number of methoxy groups -OCH3 is 2. The number of benzene rings is 2. The van der Waals surface area contributed by atoms with Gasteiger partial charge in [0.15, 0.2) is 0 Å². The molecule has 1 fully saturated rings. The Labute approximate surface area is 152 Å². The van der Waals surface area contributed by atoms with Crippen LogP contribution in [0.2, 0.25) is 0 Å². The maximum Gasteiger partial charge on any atom is 0.251 e. The monoisotopic (exact) mass is 354 g/mol. The van der Waals surface area contributed by atoms with Gasteiger partial charge in [0.05, 0.1) is 14.2 Å². The Hall–Kier alpha value is -3.02. The van der Waals surface area contributed by atoms with Crippen molar-refractivity contribution in [3.8, 4) is 11.5 Å². The van der Waals surface area contributed by atoms with Gasteiger partial charge in [-0.25, -0.2) is 0 Å². The van der Waals surface area contributed by atoms with Gasteiger partial charge < -0.3 is 19.7 Å². The summed E-state index contributed by atoms with van der Waals surface area (Å²) in [4.78, 5) is 26.1. The van der Waals surface area contributed by atoms with E-state index < -0.39 is 0 Å². The molecule has 0 atom stereocenters. The molecular weight excluding hydrogens is 332 g/mol. The van der Waals surface area contributed by atoms with Gasteiger partial charge in [-0.2, -0.15) is 0 Å². The van der Waals surface area contributed by atoms with E-state index in [1.807, 2.05) is 18.2 Å². The molecular formula is C20H22N2O4. The predicted octanol–water partition coefficient (Wildman–Crippen LogP) is 2.76. The van der Waals surface area contributed by atoms with Gasteiger partial charge >= 0.3 is 0 Å². The third-order valence-corrected chi connectivity index (χ3v) is 4.43. The Kier molecular flexibility index (Phi) is 5.41. The molecule has 0 unspecified atom stereocenters. The van der Waals surface area contributed by atoms with E-state index in [-0.39, 0.29) is 11.8 Å². The number of hydrogen-bond acceptors (Lipinski definition) is 4. The number of anilines is 1. The van der Waals surface area contributed by atoms with Crippen molar-refractivity contribution in [2.24, 2.45) is 0 Å². The Bertz CT molecular complexity index is 819. The first-order valence-corrected chi connectivity index (χ1v) is 8.52. The highest BCUT2D eigenvalue weighted by molar-refractivity contribution is 5.99. The number of carbonyl (C=O) groups excluding carboxylic acids is 2. The van der Waals surface area contributed by atoms with E-state index in [1.165, 1.54) is 0 Å². The molecule has 0 saturated carbocycles. The molecule has 0 radical (unpaired) electrons. The first-order valence-electron chi connectivity index (χ1n) is 8.52. The molecule has 1 aliphatic rings. The van der Waals surface area contributed by atoms with Gasteiger partial charge in [0.25, 0.3) is 5.91 Å². The van der Waals surface area contributed by atoms with E-state index >= 15 is 0 Å². The third-order valence-electron chi connectivity index (χ3n) is 4.43. The largest absolute Gasteiger partial charge is 0.497 e. The lowest BCUT2D eigenvalue weighted by Gasteiger charge is -2.16. The Morgan fingerprint density at radius 1 is 1.15 bits per heavy atom. The van der Waals surface area contributed by atoms with Crippen LogP contribution >= 0.6 is 0 Å². The molecule has 1 N–H and O–H groups in total. The van der Waals surface area contributed by atoms with Crippen LogP contribution in [0, 0.1) is 0 Å². The fourth-order valence-electron chi connectivity index (χ4n) is 3.01. The second kappa shape index (κ2) is 7.91. The number of nitrogens with one attached hydrogen (secondary N) is 1. The predicted molar refractivity (Wildman–Crippen MR) is 98.7 cm³/mol. The molecule has 2 aromatic rings. The minimum absolute atomic E-state index is 0.102. The first kappa shape index (κ1) is 17.8. The highest BCUT2D eigenvalue weighted by Crippen LogP contribution is 2.25. The van der Waals surface area contributed by atoms with Crippen molar-refractivity contribution in [3.63, 3.8) is 0 Å². The van der Waals surface area contributed by atoms with Crippen LogP contribution < -0.4 is 19.7 Å². The smallest absolute Gasteiger partial charge is 0.251 e. The van der Waals surface area contributed by atoms with Crippen molar-refractivity contribution >= 4 is 17.5 Å². The number of amides is 2. The maximum absolute atomic E-state index is 12.5. The number of carbonyl (C=O) groups is 2. The molecule has 2 amide bonds. The number of ether oxygens (including phenoxy) is 2. The van der Waals surface area contributed by atoms with Crippen LogP contribution in [-0.4, -0.2) is 32.6 Å². The summed E-state index contributed by atoms with van der Waals surface area (Å²) in [7, 11) is 3.17. The van der Waals surface area contributed by atoms with Gasteiger partial charge in [0.1, 0.15) is 11.5 Å². The quantitative estimate of drug-likeness (QED) is 0.866. The van der Waals surface area contributed by atoms with Gasteiger partial charge in [-0.05, 0) is 36.8 Å². The van der Waals surface area contributed by atoms with Gasteiger partial charge in [-0.3, -0.25) is 9.59 Å². The van der Waals surface area contributed by atoms with Crippen LogP contribution in [0.15, 0.2) is 42.5 Å². The van der Waals surface area contributed by atoms with Gasteiger partial charge in [-0.15, -0.1) is 0 Å². The van der Waals surface area contributed by atoms with Crippen molar-refractivity contribution in [1.82, 2.24) is 5.32 Å². The van der Waals surface area contributed by atoms with Crippen molar-refractivity contribution in [2.45, 2.75) is 19.4 Å². The molecule has 0 aliphatic carbocycles. The molecule has 6 nitrogen and oxygen atoms in total. The average Bonchev–Trinajstić information content (AvgIpc) is 3.12. The zero-order chi connectivity index (χ0) is 18.5. The minimum Gasteiger partial charge on any atom is -0.497 e. The normalized spacial score (nSPS) is 13.6. The zero-order valence-electron chi connectivity index (χ0n) is 15.0. The highest BCUT2D eigenvalue weighted by atomic mass is 16.5. The van der Waals surface area contributed by atoms with Crippen LogP contribution in [0.25, 0.3) is 0 Å². The Balaban J connectivity index is 1.70. The number of nitrogens with zero attached hydrogens (tertiary/aromatic N) is 1. The average molecular weight is 354 g/mol.